The Morgan fingerprint density at radius 1 is 0.586 bits per heavy atom. The third-order valence-electron chi connectivity index (χ3n) is 19.4. The lowest BCUT2D eigenvalue weighted by molar-refractivity contribution is -0.139. The standard InChI is InChI=1S/C84H111N9O23/c1-56(2)77(89-75(95)24-29-106-31-33-108-35-37-110-39-41-112-43-44-113-42-40-111-38-36-109-34-32-107-30-25-85-74(94)23-26-90-76(96)49-64(80(90)99)61-17-13-10-8-9-11-14-18-61)79(98)87-59(5)78(97)88-62-21-19-60(20-22-62)55-116-84(103)93-68-51-73(71(105-7)48-66(68)82(101)92-54-58(4)46-69(92)83(93)102)115-28-16-12-15-27-114-72-50-67-65(47-70(72)104-6)81(100)91-53-57(3)45-63(91)52-86-67/h8-10,13-14,17-22,47-48,50-54,56,59,63-64,69,77,83,102H,11-12,15-16,23-46,49,55H2,1-7H3,(H,85,94)(H,87,98)(H,88,97)(H,89,95)/b9-8-,13-10-,18-14?,61-17+/t59-,63-,64?,69-,77-,83-/m0/s1. The Balaban J connectivity index is 0.569. The normalized spacial score (nSPS) is 19.0. The fraction of sp³-hybridized carbons (Fsp3) is 0.524. The second kappa shape index (κ2) is 47.2. The highest BCUT2D eigenvalue weighted by molar-refractivity contribution is 6.08. The molecule has 5 aliphatic heterocycles. The number of fused-ring (bicyclic) bond motifs is 4. The molecule has 5 heterocycles. The van der Waals surface area contributed by atoms with Crippen LogP contribution in [0.25, 0.3) is 0 Å². The topological polar surface area (TPSA) is 367 Å². The number of aliphatic hydroxyl groups excluding tert-OH is 1. The molecule has 9 amide bonds. The molecular weight excluding hydrogens is 1500 g/mol. The van der Waals surface area contributed by atoms with Gasteiger partial charge in [0.25, 0.3) is 11.8 Å². The van der Waals surface area contributed by atoms with E-state index < -0.39 is 60.0 Å². The maximum atomic E-state index is 14.3. The van der Waals surface area contributed by atoms with Gasteiger partial charge in [-0.15, -0.1) is 0 Å². The molecule has 32 heteroatoms. The van der Waals surface area contributed by atoms with Crippen LogP contribution < -0.4 is 45.1 Å². The van der Waals surface area contributed by atoms with Gasteiger partial charge in [0.1, 0.15) is 18.7 Å². The van der Waals surface area contributed by atoms with Crippen LogP contribution in [0, 0.1) is 11.8 Å². The number of aliphatic hydroxyl groups is 1. The Labute approximate surface area is 676 Å². The van der Waals surface area contributed by atoms with Crippen molar-refractivity contribution in [2.45, 2.75) is 129 Å². The fourth-order valence-corrected chi connectivity index (χ4v) is 13.2. The summed E-state index contributed by atoms with van der Waals surface area (Å²) in [6, 6.07) is 9.93. The summed E-state index contributed by atoms with van der Waals surface area (Å²) in [5, 5.41) is 22.9. The van der Waals surface area contributed by atoms with E-state index in [1.165, 1.54) is 43.1 Å². The van der Waals surface area contributed by atoms with E-state index in [1.54, 1.807) is 67.6 Å². The molecule has 0 aromatic heterocycles. The van der Waals surface area contributed by atoms with E-state index in [0.717, 1.165) is 34.5 Å². The molecule has 116 heavy (non-hydrogen) atoms. The number of rotatable bonds is 49. The molecule has 9 rings (SSSR count). The van der Waals surface area contributed by atoms with E-state index in [9.17, 15) is 48.3 Å². The van der Waals surface area contributed by atoms with E-state index in [0.29, 0.717) is 146 Å². The Hall–Kier alpha value is -10.2. The largest absolute Gasteiger partial charge is 0.493 e. The van der Waals surface area contributed by atoms with Gasteiger partial charge in [0.2, 0.25) is 35.4 Å². The third-order valence-corrected chi connectivity index (χ3v) is 19.4. The highest BCUT2D eigenvalue weighted by Crippen LogP contribution is 2.43. The van der Waals surface area contributed by atoms with Crippen molar-refractivity contribution in [1.82, 2.24) is 30.7 Å². The van der Waals surface area contributed by atoms with Crippen LogP contribution in [-0.4, -0.2) is 256 Å². The molecule has 1 aliphatic carbocycles. The smallest absolute Gasteiger partial charge is 0.416 e. The van der Waals surface area contributed by atoms with Crippen LogP contribution in [0.2, 0.25) is 0 Å². The minimum atomic E-state index is -1.53. The van der Waals surface area contributed by atoms with Crippen LogP contribution in [0.3, 0.4) is 0 Å². The molecule has 3 aromatic rings. The average Bonchev–Trinajstić information content (AvgIpc) is 1.58. The second-order valence-electron chi connectivity index (χ2n) is 28.5. The molecule has 5 N–H and O–H groups in total. The number of hydrogen-bond acceptors (Lipinski definition) is 24. The minimum Gasteiger partial charge on any atom is -0.493 e. The Kier molecular flexibility index (Phi) is 36.5. The van der Waals surface area contributed by atoms with Gasteiger partial charge < -0.3 is 97.8 Å². The number of likely N-dealkylation sites (tertiary alicyclic amines) is 1. The first-order valence-corrected chi connectivity index (χ1v) is 39.5. The molecule has 1 fully saturated rings. The lowest BCUT2D eigenvalue weighted by atomic mass is 9.96. The summed E-state index contributed by atoms with van der Waals surface area (Å²) in [5.41, 5.74) is 4.69. The van der Waals surface area contributed by atoms with Crippen molar-refractivity contribution in [2.24, 2.45) is 16.8 Å². The van der Waals surface area contributed by atoms with Gasteiger partial charge in [-0.1, -0.05) is 79.7 Å². The van der Waals surface area contributed by atoms with Crippen molar-refractivity contribution in [3.05, 3.63) is 137 Å². The molecule has 32 nitrogen and oxygen atoms in total. The maximum absolute atomic E-state index is 14.3. The number of carbonyl (C=O) groups is 9. The number of anilines is 2. The van der Waals surface area contributed by atoms with Gasteiger partial charge in [-0.25, -0.2) is 9.69 Å². The van der Waals surface area contributed by atoms with Crippen molar-refractivity contribution in [3.63, 3.8) is 0 Å². The number of carbonyl (C=O) groups excluding carboxylic acids is 9. The molecule has 0 saturated carbocycles. The Morgan fingerprint density at radius 2 is 1.16 bits per heavy atom. The number of ether oxygens (including phenoxy) is 13. The Bertz CT molecular complexity index is 4060. The number of unbranched alkanes of at least 4 members (excludes halogenated alkanes) is 2. The summed E-state index contributed by atoms with van der Waals surface area (Å²) in [4.78, 5) is 130. The van der Waals surface area contributed by atoms with Gasteiger partial charge in [0.15, 0.2) is 29.2 Å². The van der Waals surface area contributed by atoms with Crippen LogP contribution in [0.15, 0.2) is 125 Å². The summed E-state index contributed by atoms with van der Waals surface area (Å²) in [6.07, 6.45) is 19.9. The number of imide groups is 1. The number of benzene rings is 3. The Morgan fingerprint density at radius 3 is 1.78 bits per heavy atom. The first kappa shape index (κ1) is 89.8. The van der Waals surface area contributed by atoms with E-state index >= 15 is 0 Å². The van der Waals surface area contributed by atoms with Crippen LogP contribution in [0.5, 0.6) is 23.0 Å². The van der Waals surface area contributed by atoms with Crippen LogP contribution in [0.4, 0.5) is 21.9 Å². The van der Waals surface area contributed by atoms with Crippen LogP contribution in [-0.2, 0) is 78.0 Å². The SMILES string of the molecule is COc1cc2c(cc1OCCCCCOc1cc3c(cc1OC)C(=O)N1C=C(C)C[C@H]1[C@H](O)N3C(=O)OCc1ccc(NC(=O)[C@H](C)NC(=O)[C@@H](NC(=O)CCOCCOCCOCCOCCOCCOCCOCCOCCNC(=O)CCN3C(=O)CC(/C4=C/C=C\C=C/CC=C4)C3=O)C(C)C)cc1)N=C[C@@H]1CC(C)=CN1C2=O. The fourth-order valence-electron chi connectivity index (χ4n) is 13.2. The molecule has 630 valence electrons. The molecule has 0 radical (unpaired) electrons. The molecular formula is C84H111N9O23. The number of hydrogen-bond donors (Lipinski definition) is 5. The van der Waals surface area contributed by atoms with Crippen molar-refractivity contribution >= 4 is 76.6 Å². The van der Waals surface area contributed by atoms with Crippen molar-refractivity contribution in [1.29, 1.82) is 0 Å². The average molecular weight is 1610 g/mol. The number of nitrogens with zero attached hydrogens (tertiary/aromatic N) is 5. The first-order valence-electron chi connectivity index (χ1n) is 39.5. The minimum absolute atomic E-state index is 0.0137. The van der Waals surface area contributed by atoms with Gasteiger partial charge in [-0.2, -0.15) is 0 Å². The maximum Gasteiger partial charge on any atom is 0.416 e. The summed E-state index contributed by atoms with van der Waals surface area (Å²) in [6.45, 7) is 14.9. The molecule has 1 unspecified atom stereocenters. The van der Waals surface area contributed by atoms with Gasteiger partial charge in [0.05, 0.1) is 174 Å². The van der Waals surface area contributed by atoms with Gasteiger partial charge in [-0.3, -0.25) is 48.2 Å². The number of methoxy groups -OCH3 is 2. The van der Waals surface area contributed by atoms with E-state index in [1.807, 2.05) is 62.6 Å². The zero-order valence-corrected chi connectivity index (χ0v) is 67.3. The van der Waals surface area contributed by atoms with Crippen molar-refractivity contribution in [3.8, 4) is 23.0 Å². The number of nitrogens with one attached hydrogen (secondary N) is 4. The van der Waals surface area contributed by atoms with Crippen LogP contribution >= 0.6 is 0 Å². The third kappa shape index (κ3) is 27.0. The lowest BCUT2D eigenvalue weighted by Gasteiger charge is -2.31. The molecule has 1 saturated heterocycles. The number of amides is 9. The second-order valence-corrected chi connectivity index (χ2v) is 28.5. The lowest BCUT2D eigenvalue weighted by Crippen LogP contribution is -2.53. The highest BCUT2D eigenvalue weighted by atomic mass is 16.6. The van der Waals surface area contributed by atoms with E-state index in [2.05, 4.69) is 26.3 Å². The summed E-state index contributed by atoms with van der Waals surface area (Å²) in [7, 11) is 2.96. The van der Waals surface area contributed by atoms with Gasteiger partial charge in [0, 0.05) is 68.8 Å². The zero-order chi connectivity index (χ0) is 82.7. The first-order chi connectivity index (χ1) is 56.2. The predicted molar refractivity (Wildman–Crippen MR) is 428 cm³/mol. The highest BCUT2D eigenvalue weighted by Gasteiger charge is 2.46. The van der Waals surface area contributed by atoms with E-state index in [4.69, 9.17) is 61.6 Å². The van der Waals surface area contributed by atoms with Gasteiger partial charge in [-0.05, 0) is 101 Å². The van der Waals surface area contributed by atoms with Gasteiger partial charge >= 0.3 is 6.09 Å². The molecule has 6 aliphatic rings. The monoisotopic (exact) mass is 1610 g/mol. The number of allylic oxidation sites excluding steroid dienone is 7. The molecule has 6 atom stereocenters. The summed E-state index contributed by atoms with van der Waals surface area (Å²) in [5.74, 6) is -2.45. The summed E-state index contributed by atoms with van der Waals surface area (Å²) < 4.78 is 73.9. The van der Waals surface area contributed by atoms with Crippen molar-refractivity contribution < 1.29 is 110 Å². The van der Waals surface area contributed by atoms with Crippen LogP contribution in [0.1, 0.15) is 119 Å². The zero-order valence-electron chi connectivity index (χ0n) is 67.3. The molecule has 0 spiro atoms. The summed E-state index contributed by atoms with van der Waals surface area (Å²) >= 11 is 0. The quantitative estimate of drug-likeness (QED) is 0.0266. The van der Waals surface area contributed by atoms with Crippen molar-refractivity contribution in [2.75, 3.05) is 156 Å². The molecule has 0 bridgehead atoms. The van der Waals surface area contributed by atoms with E-state index in [-0.39, 0.29) is 130 Å². The number of aliphatic imine (C=N–C) groups is 1. The molecule has 3 aromatic carbocycles. The predicted octanol–water partition coefficient (Wildman–Crippen LogP) is 7.75.